The maximum atomic E-state index is 12.7. The van der Waals surface area contributed by atoms with Crippen LogP contribution in [0.3, 0.4) is 0 Å². The second-order valence-electron chi connectivity index (χ2n) is 6.86. The van der Waals surface area contributed by atoms with E-state index in [4.69, 9.17) is 0 Å². The summed E-state index contributed by atoms with van der Waals surface area (Å²) in [5, 5.41) is 4.28. The SMILES string of the molecule is CCCN(CC1CC1)C(=O)CN1CCC[C@H]1c1cnn(C)c1. The summed E-state index contributed by atoms with van der Waals surface area (Å²) in [6.07, 6.45) is 9.98. The highest BCUT2D eigenvalue weighted by Crippen LogP contribution is 2.32. The summed E-state index contributed by atoms with van der Waals surface area (Å²) < 4.78 is 1.85. The van der Waals surface area contributed by atoms with Gasteiger partial charge < -0.3 is 4.90 Å². The van der Waals surface area contributed by atoms with Crippen molar-refractivity contribution in [3.8, 4) is 0 Å². The summed E-state index contributed by atoms with van der Waals surface area (Å²) in [5.74, 6) is 1.08. The van der Waals surface area contributed by atoms with E-state index in [-0.39, 0.29) is 0 Å². The Morgan fingerprint density at radius 1 is 1.41 bits per heavy atom. The van der Waals surface area contributed by atoms with E-state index in [0.717, 1.165) is 38.4 Å². The van der Waals surface area contributed by atoms with E-state index in [2.05, 4.69) is 28.0 Å². The van der Waals surface area contributed by atoms with E-state index >= 15 is 0 Å². The van der Waals surface area contributed by atoms with Gasteiger partial charge in [-0.3, -0.25) is 14.4 Å². The molecule has 1 saturated heterocycles. The molecule has 1 amide bonds. The van der Waals surface area contributed by atoms with Crippen molar-refractivity contribution in [3.63, 3.8) is 0 Å². The number of aryl methyl sites for hydroxylation is 1. The quantitative estimate of drug-likeness (QED) is 0.775. The number of rotatable bonds is 7. The molecule has 122 valence electrons. The van der Waals surface area contributed by atoms with Crippen LogP contribution in [0.5, 0.6) is 0 Å². The number of amides is 1. The van der Waals surface area contributed by atoms with E-state index in [9.17, 15) is 4.79 Å². The first kappa shape index (κ1) is 15.5. The minimum atomic E-state index is 0.310. The molecule has 2 fully saturated rings. The Balaban J connectivity index is 1.61. The number of likely N-dealkylation sites (tertiary alicyclic amines) is 1. The molecule has 1 aliphatic heterocycles. The van der Waals surface area contributed by atoms with Crippen LogP contribution in [0.15, 0.2) is 12.4 Å². The fraction of sp³-hybridized carbons (Fsp3) is 0.765. The van der Waals surface area contributed by atoms with Gasteiger partial charge in [0.25, 0.3) is 0 Å². The van der Waals surface area contributed by atoms with Crippen LogP contribution in [-0.4, -0.2) is 51.7 Å². The molecular formula is C17H28N4O. The number of carbonyl (C=O) groups excluding carboxylic acids is 1. The van der Waals surface area contributed by atoms with E-state index in [1.807, 2.05) is 17.9 Å². The molecule has 0 bridgehead atoms. The van der Waals surface area contributed by atoms with Crippen molar-refractivity contribution < 1.29 is 4.79 Å². The molecule has 2 heterocycles. The fourth-order valence-corrected chi connectivity index (χ4v) is 3.48. The molecule has 3 rings (SSSR count). The summed E-state index contributed by atoms with van der Waals surface area (Å²) in [4.78, 5) is 17.1. The summed E-state index contributed by atoms with van der Waals surface area (Å²) >= 11 is 0. The molecule has 2 aliphatic rings. The van der Waals surface area contributed by atoms with E-state index in [1.54, 1.807) is 0 Å². The van der Waals surface area contributed by atoms with Gasteiger partial charge in [0.15, 0.2) is 0 Å². The van der Waals surface area contributed by atoms with Crippen LogP contribution in [0, 0.1) is 5.92 Å². The van der Waals surface area contributed by atoms with Gasteiger partial charge in [0, 0.05) is 37.9 Å². The van der Waals surface area contributed by atoms with Crippen LogP contribution in [0.2, 0.25) is 0 Å². The highest BCUT2D eigenvalue weighted by atomic mass is 16.2. The van der Waals surface area contributed by atoms with Crippen LogP contribution in [0.1, 0.15) is 50.6 Å². The van der Waals surface area contributed by atoms with Crippen molar-refractivity contribution >= 4 is 5.91 Å². The number of nitrogens with zero attached hydrogens (tertiary/aromatic N) is 4. The van der Waals surface area contributed by atoms with Crippen LogP contribution in [0.4, 0.5) is 0 Å². The van der Waals surface area contributed by atoms with Gasteiger partial charge in [-0.1, -0.05) is 6.92 Å². The maximum absolute atomic E-state index is 12.7. The van der Waals surface area contributed by atoms with Crippen LogP contribution < -0.4 is 0 Å². The largest absolute Gasteiger partial charge is 0.341 e. The van der Waals surface area contributed by atoms with Gasteiger partial charge in [0.1, 0.15) is 0 Å². The molecule has 1 aromatic rings. The van der Waals surface area contributed by atoms with Gasteiger partial charge in [0.05, 0.1) is 12.7 Å². The average molecular weight is 304 g/mol. The molecule has 0 N–H and O–H groups in total. The van der Waals surface area contributed by atoms with Gasteiger partial charge in [-0.25, -0.2) is 0 Å². The van der Waals surface area contributed by atoms with E-state index in [1.165, 1.54) is 24.8 Å². The topological polar surface area (TPSA) is 41.4 Å². The first-order valence-electron chi connectivity index (χ1n) is 8.67. The molecule has 0 radical (unpaired) electrons. The predicted molar refractivity (Wildman–Crippen MR) is 86.4 cm³/mol. The standard InChI is InChI=1S/C17H28N4O/c1-3-8-21(11-14-6-7-14)17(22)13-20-9-4-5-16(20)15-10-18-19(2)12-15/h10,12,14,16H,3-9,11,13H2,1-2H3/t16-/m0/s1. The lowest BCUT2D eigenvalue weighted by Gasteiger charge is -2.28. The third-order valence-electron chi connectivity index (χ3n) is 4.83. The van der Waals surface area contributed by atoms with Crippen LogP contribution >= 0.6 is 0 Å². The number of hydrogen-bond donors (Lipinski definition) is 0. The fourth-order valence-electron chi connectivity index (χ4n) is 3.48. The molecule has 0 aromatic carbocycles. The molecule has 0 unspecified atom stereocenters. The average Bonchev–Trinajstić information content (AvgIpc) is 3.01. The molecule has 1 aliphatic carbocycles. The lowest BCUT2D eigenvalue weighted by molar-refractivity contribution is -0.133. The second-order valence-corrected chi connectivity index (χ2v) is 6.86. The molecule has 5 heteroatoms. The maximum Gasteiger partial charge on any atom is 0.236 e. The Morgan fingerprint density at radius 2 is 2.23 bits per heavy atom. The first-order chi connectivity index (χ1) is 10.7. The van der Waals surface area contributed by atoms with Crippen molar-refractivity contribution in [1.82, 2.24) is 19.6 Å². The van der Waals surface area contributed by atoms with Gasteiger partial charge >= 0.3 is 0 Å². The van der Waals surface area contributed by atoms with Crippen molar-refractivity contribution in [2.45, 2.75) is 45.1 Å². The smallest absolute Gasteiger partial charge is 0.236 e. The molecule has 1 aromatic heterocycles. The number of carbonyl (C=O) groups is 1. The van der Waals surface area contributed by atoms with Gasteiger partial charge in [0.2, 0.25) is 5.91 Å². The normalized spacial score (nSPS) is 22.2. The molecular weight excluding hydrogens is 276 g/mol. The summed E-state index contributed by atoms with van der Waals surface area (Å²) in [7, 11) is 1.95. The Morgan fingerprint density at radius 3 is 2.86 bits per heavy atom. The predicted octanol–water partition coefficient (Wildman–Crippen LogP) is 2.21. The number of hydrogen-bond acceptors (Lipinski definition) is 3. The zero-order chi connectivity index (χ0) is 15.5. The first-order valence-corrected chi connectivity index (χ1v) is 8.67. The highest BCUT2D eigenvalue weighted by molar-refractivity contribution is 5.78. The Bertz CT molecular complexity index is 509. The molecule has 5 nitrogen and oxygen atoms in total. The monoisotopic (exact) mass is 304 g/mol. The summed E-state index contributed by atoms with van der Waals surface area (Å²) in [5.41, 5.74) is 1.25. The Kier molecular flexibility index (Phi) is 4.81. The lowest BCUT2D eigenvalue weighted by atomic mass is 10.1. The Hall–Kier alpha value is -1.36. The van der Waals surface area contributed by atoms with E-state index in [0.29, 0.717) is 18.5 Å². The second kappa shape index (κ2) is 6.82. The van der Waals surface area contributed by atoms with Crippen molar-refractivity contribution in [2.24, 2.45) is 13.0 Å². The summed E-state index contributed by atoms with van der Waals surface area (Å²) in [6.45, 7) is 5.61. The highest BCUT2D eigenvalue weighted by Gasteiger charge is 2.31. The van der Waals surface area contributed by atoms with Crippen molar-refractivity contribution in [1.29, 1.82) is 0 Å². The summed E-state index contributed by atoms with van der Waals surface area (Å²) in [6, 6.07) is 0.363. The zero-order valence-corrected chi connectivity index (χ0v) is 13.9. The minimum absolute atomic E-state index is 0.310. The van der Waals surface area contributed by atoms with Crippen LogP contribution in [0.25, 0.3) is 0 Å². The molecule has 1 atom stereocenters. The third-order valence-corrected chi connectivity index (χ3v) is 4.83. The molecule has 1 saturated carbocycles. The third kappa shape index (κ3) is 3.69. The van der Waals surface area contributed by atoms with Crippen LogP contribution in [-0.2, 0) is 11.8 Å². The zero-order valence-electron chi connectivity index (χ0n) is 13.9. The molecule has 0 spiro atoms. The number of aromatic nitrogens is 2. The van der Waals surface area contributed by atoms with E-state index < -0.39 is 0 Å². The van der Waals surface area contributed by atoms with Crippen molar-refractivity contribution in [2.75, 3.05) is 26.2 Å². The van der Waals surface area contributed by atoms with Gasteiger partial charge in [-0.2, -0.15) is 5.10 Å². The van der Waals surface area contributed by atoms with Gasteiger partial charge in [-0.15, -0.1) is 0 Å². The van der Waals surface area contributed by atoms with Gasteiger partial charge in [-0.05, 0) is 44.6 Å². The molecule has 22 heavy (non-hydrogen) atoms. The minimum Gasteiger partial charge on any atom is -0.341 e. The Labute approximate surface area is 133 Å². The van der Waals surface area contributed by atoms with Crippen molar-refractivity contribution in [3.05, 3.63) is 18.0 Å². The lowest BCUT2D eigenvalue weighted by Crippen LogP contribution is -2.41.